The van der Waals surface area contributed by atoms with Gasteiger partial charge in [-0.15, -0.1) is 0 Å². The van der Waals surface area contributed by atoms with E-state index in [-0.39, 0.29) is 11.9 Å². The molecular formula is C12H19N5O. The lowest BCUT2D eigenvalue weighted by atomic mass is 10.2. The van der Waals surface area contributed by atoms with Crippen LogP contribution in [0.1, 0.15) is 18.9 Å². The number of rotatable bonds is 6. The van der Waals surface area contributed by atoms with Crippen LogP contribution in [0.2, 0.25) is 0 Å². The maximum atomic E-state index is 11.8. The van der Waals surface area contributed by atoms with Gasteiger partial charge in [0.2, 0.25) is 0 Å². The number of nitrogens with zero attached hydrogens (tertiary/aromatic N) is 2. The van der Waals surface area contributed by atoms with E-state index in [1.165, 1.54) is 0 Å². The number of carbonyl (C=O) groups is 1. The molecule has 0 radical (unpaired) electrons. The van der Waals surface area contributed by atoms with Gasteiger partial charge in [-0.2, -0.15) is 0 Å². The van der Waals surface area contributed by atoms with E-state index in [1.807, 2.05) is 19.1 Å². The van der Waals surface area contributed by atoms with Gasteiger partial charge in [0.25, 0.3) is 0 Å². The molecule has 0 fully saturated rings. The standard InChI is InChI=1S/C12H19N5O/c1-2-16-12(18)17(7-5-11(13)14)9-10-4-3-6-15-8-10/h3-4,6,8H,2,5,7,9H2,1H3,(H3,13,14)(H,16,18). The van der Waals surface area contributed by atoms with Crippen molar-refractivity contribution in [3.8, 4) is 0 Å². The van der Waals surface area contributed by atoms with Crippen molar-refractivity contribution in [3.63, 3.8) is 0 Å². The first-order chi connectivity index (χ1) is 8.63. The van der Waals surface area contributed by atoms with Crippen LogP contribution in [0, 0.1) is 5.41 Å². The molecule has 0 aliphatic carbocycles. The molecule has 0 bridgehead atoms. The summed E-state index contributed by atoms with van der Waals surface area (Å²) in [5.41, 5.74) is 6.27. The molecule has 1 aromatic rings. The number of nitrogens with one attached hydrogen (secondary N) is 2. The quantitative estimate of drug-likeness (QED) is 0.517. The fourth-order valence-corrected chi connectivity index (χ4v) is 1.48. The number of hydrogen-bond acceptors (Lipinski definition) is 3. The highest BCUT2D eigenvalue weighted by atomic mass is 16.2. The summed E-state index contributed by atoms with van der Waals surface area (Å²) in [6, 6.07) is 3.59. The summed E-state index contributed by atoms with van der Waals surface area (Å²) in [5.74, 6) is 0.0792. The van der Waals surface area contributed by atoms with E-state index in [2.05, 4.69) is 10.3 Å². The molecule has 6 heteroatoms. The number of pyridine rings is 1. The minimum absolute atomic E-state index is 0.0792. The van der Waals surface area contributed by atoms with Crippen molar-refractivity contribution >= 4 is 11.9 Å². The molecule has 0 aliphatic heterocycles. The fraction of sp³-hybridized carbons (Fsp3) is 0.417. The molecule has 98 valence electrons. The molecule has 2 amide bonds. The van der Waals surface area contributed by atoms with Crippen molar-refractivity contribution in [2.75, 3.05) is 13.1 Å². The molecule has 1 aromatic heterocycles. The van der Waals surface area contributed by atoms with E-state index in [0.717, 1.165) is 5.56 Å². The van der Waals surface area contributed by atoms with Crippen LogP contribution >= 0.6 is 0 Å². The Morgan fingerprint density at radius 1 is 1.61 bits per heavy atom. The molecule has 0 atom stereocenters. The Labute approximate surface area is 107 Å². The smallest absolute Gasteiger partial charge is 0.317 e. The second-order valence-electron chi connectivity index (χ2n) is 3.89. The molecule has 0 aliphatic rings. The summed E-state index contributed by atoms with van der Waals surface area (Å²) < 4.78 is 0. The Morgan fingerprint density at radius 3 is 2.94 bits per heavy atom. The first-order valence-corrected chi connectivity index (χ1v) is 5.88. The SMILES string of the molecule is CCNC(=O)N(CCC(=N)N)Cc1cccnc1. The van der Waals surface area contributed by atoms with Gasteiger partial charge in [-0.25, -0.2) is 4.79 Å². The maximum Gasteiger partial charge on any atom is 0.317 e. The Hall–Kier alpha value is -2.11. The topological polar surface area (TPSA) is 95.1 Å². The van der Waals surface area contributed by atoms with E-state index in [9.17, 15) is 4.79 Å². The van der Waals surface area contributed by atoms with Gasteiger partial charge in [-0.05, 0) is 18.6 Å². The Balaban J connectivity index is 2.64. The van der Waals surface area contributed by atoms with Gasteiger partial charge in [-0.3, -0.25) is 10.4 Å². The molecule has 18 heavy (non-hydrogen) atoms. The van der Waals surface area contributed by atoms with Gasteiger partial charge in [0.15, 0.2) is 0 Å². The van der Waals surface area contributed by atoms with Gasteiger partial charge in [0.05, 0.1) is 5.84 Å². The first-order valence-electron chi connectivity index (χ1n) is 5.88. The highest BCUT2D eigenvalue weighted by molar-refractivity contribution is 5.78. The average molecular weight is 249 g/mol. The van der Waals surface area contributed by atoms with E-state index >= 15 is 0 Å². The largest absolute Gasteiger partial charge is 0.388 e. The first kappa shape index (κ1) is 14.0. The number of nitrogens with two attached hydrogens (primary N) is 1. The minimum atomic E-state index is -0.150. The molecular weight excluding hydrogens is 230 g/mol. The van der Waals surface area contributed by atoms with E-state index < -0.39 is 0 Å². The van der Waals surface area contributed by atoms with E-state index in [1.54, 1.807) is 17.3 Å². The fourth-order valence-electron chi connectivity index (χ4n) is 1.48. The van der Waals surface area contributed by atoms with Crippen molar-refractivity contribution < 1.29 is 4.79 Å². The lowest BCUT2D eigenvalue weighted by molar-refractivity contribution is 0.197. The van der Waals surface area contributed by atoms with Crippen LogP contribution in [0.4, 0.5) is 4.79 Å². The van der Waals surface area contributed by atoms with Crippen LogP contribution in [-0.4, -0.2) is 34.8 Å². The molecule has 6 nitrogen and oxygen atoms in total. The highest BCUT2D eigenvalue weighted by Crippen LogP contribution is 2.04. The summed E-state index contributed by atoms with van der Waals surface area (Å²) in [4.78, 5) is 17.5. The molecule has 4 N–H and O–H groups in total. The van der Waals surface area contributed by atoms with Crippen molar-refractivity contribution in [2.24, 2.45) is 5.73 Å². The zero-order chi connectivity index (χ0) is 13.4. The zero-order valence-electron chi connectivity index (χ0n) is 10.5. The molecule has 1 rings (SSSR count). The lowest BCUT2D eigenvalue weighted by Gasteiger charge is -2.22. The van der Waals surface area contributed by atoms with Crippen molar-refractivity contribution in [2.45, 2.75) is 19.9 Å². The molecule has 0 spiro atoms. The molecule has 1 heterocycles. The Kier molecular flexibility index (Phi) is 5.63. The second-order valence-corrected chi connectivity index (χ2v) is 3.89. The molecule has 0 saturated heterocycles. The number of amides is 2. The maximum absolute atomic E-state index is 11.8. The van der Waals surface area contributed by atoms with Gasteiger partial charge in [0.1, 0.15) is 0 Å². The van der Waals surface area contributed by atoms with Gasteiger partial charge in [0, 0.05) is 38.4 Å². The summed E-state index contributed by atoms with van der Waals surface area (Å²) in [6.07, 6.45) is 3.78. The number of hydrogen-bond donors (Lipinski definition) is 3. The van der Waals surface area contributed by atoms with Gasteiger partial charge >= 0.3 is 6.03 Å². The van der Waals surface area contributed by atoms with Crippen LogP contribution in [0.15, 0.2) is 24.5 Å². The average Bonchev–Trinajstić information content (AvgIpc) is 2.35. The molecule has 0 unspecified atom stereocenters. The third kappa shape index (κ3) is 4.82. The van der Waals surface area contributed by atoms with Crippen LogP contribution in [-0.2, 0) is 6.54 Å². The number of carbonyl (C=O) groups excluding carboxylic acids is 1. The van der Waals surface area contributed by atoms with Crippen molar-refractivity contribution in [3.05, 3.63) is 30.1 Å². The normalized spacial score (nSPS) is 9.83. The second kappa shape index (κ2) is 7.26. The van der Waals surface area contributed by atoms with Crippen LogP contribution in [0.25, 0.3) is 0 Å². The minimum Gasteiger partial charge on any atom is -0.388 e. The zero-order valence-corrected chi connectivity index (χ0v) is 10.5. The van der Waals surface area contributed by atoms with Crippen LogP contribution in [0.3, 0.4) is 0 Å². The predicted molar refractivity (Wildman–Crippen MR) is 70.3 cm³/mol. The summed E-state index contributed by atoms with van der Waals surface area (Å²) in [5, 5.41) is 9.96. The Bertz CT molecular complexity index is 393. The summed E-state index contributed by atoms with van der Waals surface area (Å²) in [7, 11) is 0. The van der Waals surface area contributed by atoms with E-state index in [0.29, 0.717) is 26.1 Å². The number of urea groups is 1. The van der Waals surface area contributed by atoms with Crippen LogP contribution < -0.4 is 11.1 Å². The van der Waals surface area contributed by atoms with Gasteiger partial charge < -0.3 is 16.0 Å². The van der Waals surface area contributed by atoms with Crippen molar-refractivity contribution in [1.82, 2.24) is 15.2 Å². The van der Waals surface area contributed by atoms with Gasteiger partial charge in [-0.1, -0.05) is 6.07 Å². The number of amidine groups is 1. The molecule has 0 aromatic carbocycles. The number of aromatic nitrogens is 1. The Morgan fingerprint density at radius 2 is 2.39 bits per heavy atom. The third-order valence-corrected chi connectivity index (χ3v) is 2.36. The summed E-state index contributed by atoms with van der Waals surface area (Å²) in [6.45, 7) is 3.33. The van der Waals surface area contributed by atoms with Crippen molar-refractivity contribution in [1.29, 1.82) is 5.41 Å². The monoisotopic (exact) mass is 249 g/mol. The van der Waals surface area contributed by atoms with Crippen LogP contribution in [0.5, 0.6) is 0 Å². The lowest BCUT2D eigenvalue weighted by Crippen LogP contribution is -2.40. The summed E-state index contributed by atoms with van der Waals surface area (Å²) >= 11 is 0. The highest BCUT2D eigenvalue weighted by Gasteiger charge is 2.13. The predicted octanol–water partition coefficient (Wildman–Crippen LogP) is 0.939. The molecule has 0 saturated carbocycles. The third-order valence-electron chi connectivity index (χ3n) is 2.36. The van der Waals surface area contributed by atoms with E-state index in [4.69, 9.17) is 11.1 Å².